The van der Waals surface area contributed by atoms with Crippen LogP contribution in [0.2, 0.25) is 0 Å². The summed E-state index contributed by atoms with van der Waals surface area (Å²) in [5.41, 5.74) is 1.44. The van der Waals surface area contributed by atoms with E-state index in [0.29, 0.717) is 12.0 Å². The molecular weight excluding hydrogens is 186 g/mol. The Morgan fingerprint density at radius 3 is 2.53 bits per heavy atom. The van der Waals surface area contributed by atoms with E-state index in [1.807, 2.05) is 0 Å². The Hall–Kier alpha value is -1.02. The molecule has 0 aromatic heterocycles. The lowest BCUT2D eigenvalue weighted by atomic mass is 9.94. The first-order valence-corrected chi connectivity index (χ1v) is 5.66. The third-order valence-corrected chi connectivity index (χ3v) is 3.43. The van der Waals surface area contributed by atoms with Gasteiger partial charge in [-0.25, -0.2) is 0 Å². The molecular formula is C13H19NO. The fraction of sp³-hybridized carbons (Fsp3) is 0.538. The van der Waals surface area contributed by atoms with Crippen LogP contribution in [-0.2, 0) is 0 Å². The van der Waals surface area contributed by atoms with Crippen LogP contribution < -0.4 is 10.1 Å². The van der Waals surface area contributed by atoms with Crippen molar-refractivity contribution in [3.05, 3.63) is 29.8 Å². The number of hydrogen-bond acceptors (Lipinski definition) is 2. The Bertz CT molecular complexity index is 307. The predicted octanol–water partition coefficient (Wildman–Crippen LogP) is 2.55. The normalized spacial score (nSPS) is 25.5. The standard InChI is InChI=1S/C13H19NO/c1-14-13-5-3-4-12(13)10-6-8-11(15-2)9-7-10/h6-9,12-14H,3-5H2,1-2H3. The zero-order chi connectivity index (χ0) is 10.7. The van der Waals surface area contributed by atoms with Gasteiger partial charge < -0.3 is 10.1 Å². The van der Waals surface area contributed by atoms with Crippen molar-refractivity contribution in [2.24, 2.45) is 0 Å². The number of ether oxygens (including phenoxy) is 1. The van der Waals surface area contributed by atoms with E-state index in [4.69, 9.17) is 4.74 Å². The maximum absolute atomic E-state index is 5.17. The number of methoxy groups -OCH3 is 1. The van der Waals surface area contributed by atoms with Crippen molar-refractivity contribution in [3.8, 4) is 5.75 Å². The Kier molecular flexibility index (Phi) is 3.27. The van der Waals surface area contributed by atoms with Crippen molar-refractivity contribution >= 4 is 0 Å². The largest absolute Gasteiger partial charge is 0.497 e. The maximum Gasteiger partial charge on any atom is 0.118 e. The molecule has 1 aromatic carbocycles. The highest BCUT2D eigenvalue weighted by Crippen LogP contribution is 2.34. The molecule has 0 bridgehead atoms. The van der Waals surface area contributed by atoms with E-state index in [1.165, 1.54) is 24.8 Å². The summed E-state index contributed by atoms with van der Waals surface area (Å²) in [4.78, 5) is 0. The Labute approximate surface area is 91.6 Å². The van der Waals surface area contributed by atoms with Gasteiger partial charge in [-0.3, -0.25) is 0 Å². The summed E-state index contributed by atoms with van der Waals surface area (Å²) in [6, 6.07) is 9.15. The van der Waals surface area contributed by atoms with Crippen molar-refractivity contribution in [3.63, 3.8) is 0 Å². The van der Waals surface area contributed by atoms with Gasteiger partial charge in [0.2, 0.25) is 0 Å². The lowest BCUT2D eigenvalue weighted by Gasteiger charge is -2.19. The van der Waals surface area contributed by atoms with Crippen LogP contribution in [0.25, 0.3) is 0 Å². The summed E-state index contributed by atoms with van der Waals surface area (Å²) in [6.07, 6.45) is 3.94. The van der Waals surface area contributed by atoms with Gasteiger partial charge in [-0.15, -0.1) is 0 Å². The molecule has 0 spiro atoms. The molecule has 2 nitrogen and oxygen atoms in total. The van der Waals surface area contributed by atoms with Crippen LogP contribution in [0.4, 0.5) is 0 Å². The molecule has 0 saturated heterocycles. The van der Waals surface area contributed by atoms with Crippen LogP contribution in [0.1, 0.15) is 30.7 Å². The smallest absolute Gasteiger partial charge is 0.118 e. The van der Waals surface area contributed by atoms with E-state index in [1.54, 1.807) is 7.11 Å². The Morgan fingerprint density at radius 1 is 1.20 bits per heavy atom. The van der Waals surface area contributed by atoms with E-state index in [2.05, 4.69) is 36.6 Å². The van der Waals surface area contributed by atoms with Gasteiger partial charge in [0, 0.05) is 6.04 Å². The van der Waals surface area contributed by atoms with Crippen LogP contribution in [0.15, 0.2) is 24.3 Å². The first-order valence-electron chi connectivity index (χ1n) is 5.66. The molecule has 1 aliphatic carbocycles. The minimum Gasteiger partial charge on any atom is -0.497 e. The van der Waals surface area contributed by atoms with E-state index in [9.17, 15) is 0 Å². The van der Waals surface area contributed by atoms with Crippen molar-refractivity contribution in [2.75, 3.05) is 14.2 Å². The summed E-state index contributed by atoms with van der Waals surface area (Å²) in [5, 5.41) is 3.41. The van der Waals surface area contributed by atoms with Crippen molar-refractivity contribution in [1.82, 2.24) is 5.32 Å². The second-order valence-corrected chi connectivity index (χ2v) is 4.21. The molecule has 1 aliphatic rings. The number of benzene rings is 1. The second-order valence-electron chi connectivity index (χ2n) is 4.21. The van der Waals surface area contributed by atoms with E-state index in [0.717, 1.165) is 5.75 Å². The van der Waals surface area contributed by atoms with Gasteiger partial charge in [-0.2, -0.15) is 0 Å². The lowest BCUT2D eigenvalue weighted by Crippen LogP contribution is -2.27. The number of hydrogen-bond donors (Lipinski definition) is 1. The van der Waals surface area contributed by atoms with E-state index >= 15 is 0 Å². The zero-order valence-electron chi connectivity index (χ0n) is 9.49. The summed E-state index contributed by atoms with van der Waals surface area (Å²) < 4.78 is 5.17. The summed E-state index contributed by atoms with van der Waals surface area (Å²) in [7, 11) is 3.77. The van der Waals surface area contributed by atoms with Crippen LogP contribution in [0, 0.1) is 0 Å². The van der Waals surface area contributed by atoms with Crippen LogP contribution in [-0.4, -0.2) is 20.2 Å². The molecule has 1 N–H and O–H groups in total. The van der Waals surface area contributed by atoms with Crippen molar-refractivity contribution < 1.29 is 4.74 Å². The first-order chi connectivity index (χ1) is 7.35. The minimum atomic E-state index is 0.651. The second kappa shape index (κ2) is 4.67. The molecule has 0 amide bonds. The van der Waals surface area contributed by atoms with Gasteiger partial charge in [0.1, 0.15) is 5.75 Å². The third-order valence-electron chi connectivity index (χ3n) is 3.43. The average molecular weight is 205 g/mol. The Morgan fingerprint density at radius 2 is 1.93 bits per heavy atom. The van der Waals surface area contributed by atoms with Gasteiger partial charge in [-0.1, -0.05) is 18.6 Å². The SMILES string of the molecule is CNC1CCCC1c1ccc(OC)cc1. The molecule has 0 radical (unpaired) electrons. The topological polar surface area (TPSA) is 21.3 Å². The molecule has 2 unspecified atom stereocenters. The Balaban J connectivity index is 2.14. The number of likely N-dealkylation sites (N-methyl/N-ethyl adjacent to an activating group) is 1. The van der Waals surface area contributed by atoms with Gasteiger partial charge in [0.05, 0.1) is 7.11 Å². The lowest BCUT2D eigenvalue weighted by molar-refractivity contribution is 0.414. The highest BCUT2D eigenvalue weighted by atomic mass is 16.5. The van der Waals surface area contributed by atoms with E-state index in [-0.39, 0.29) is 0 Å². The molecule has 15 heavy (non-hydrogen) atoms. The van der Waals surface area contributed by atoms with Crippen LogP contribution in [0.3, 0.4) is 0 Å². The fourth-order valence-corrected chi connectivity index (χ4v) is 2.56. The molecule has 82 valence electrons. The summed E-state index contributed by atoms with van der Waals surface area (Å²) in [6.45, 7) is 0. The molecule has 1 aromatic rings. The summed E-state index contributed by atoms with van der Waals surface area (Å²) in [5.74, 6) is 1.62. The zero-order valence-corrected chi connectivity index (χ0v) is 9.49. The third kappa shape index (κ3) is 2.15. The maximum atomic E-state index is 5.17. The number of rotatable bonds is 3. The number of nitrogens with one attached hydrogen (secondary N) is 1. The quantitative estimate of drug-likeness (QED) is 0.818. The monoisotopic (exact) mass is 205 g/mol. The molecule has 1 saturated carbocycles. The van der Waals surface area contributed by atoms with E-state index < -0.39 is 0 Å². The highest BCUT2D eigenvalue weighted by molar-refractivity contribution is 5.30. The molecule has 2 rings (SSSR count). The first kappa shape index (κ1) is 10.5. The van der Waals surface area contributed by atoms with Crippen LogP contribution in [0.5, 0.6) is 5.75 Å². The van der Waals surface area contributed by atoms with Crippen molar-refractivity contribution in [1.29, 1.82) is 0 Å². The minimum absolute atomic E-state index is 0.651. The molecule has 1 fully saturated rings. The van der Waals surface area contributed by atoms with Gasteiger partial charge in [0.15, 0.2) is 0 Å². The molecule has 0 aliphatic heterocycles. The van der Waals surface area contributed by atoms with Gasteiger partial charge in [0.25, 0.3) is 0 Å². The van der Waals surface area contributed by atoms with Gasteiger partial charge in [-0.05, 0) is 43.5 Å². The highest BCUT2D eigenvalue weighted by Gasteiger charge is 2.26. The molecule has 0 heterocycles. The molecule has 2 heteroatoms. The predicted molar refractivity (Wildman–Crippen MR) is 62.4 cm³/mol. The van der Waals surface area contributed by atoms with Crippen LogP contribution >= 0.6 is 0 Å². The fourth-order valence-electron chi connectivity index (χ4n) is 2.56. The van der Waals surface area contributed by atoms with Crippen molar-refractivity contribution in [2.45, 2.75) is 31.2 Å². The summed E-state index contributed by atoms with van der Waals surface area (Å²) >= 11 is 0. The van der Waals surface area contributed by atoms with Gasteiger partial charge >= 0.3 is 0 Å². The molecule has 2 atom stereocenters. The average Bonchev–Trinajstić information content (AvgIpc) is 2.77.